The van der Waals surface area contributed by atoms with Gasteiger partial charge in [0, 0.05) is 4.47 Å². The number of carbonyl (C=O) groups is 1. The number of nitrogens with zero attached hydrogens (tertiary/aromatic N) is 1. The minimum absolute atomic E-state index is 0.132. The molecule has 0 spiro atoms. The Morgan fingerprint density at radius 3 is 2.95 bits per heavy atom. The highest BCUT2D eigenvalue weighted by atomic mass is 79.9. The molecule has 4 nitrogen and oxygen atoms in total. The van der Waals surface area contributed by atoms with E-state index in [1.165, 1.54) is 11.3 Å². The molecule has 0 saturated carbocycles. The summed E-state index contributed by atoms with van der Waals surface area (Å²) >= 11 is 4.56. The summed E-state index contributed by atoms with van der Waals surface area (Å²) in [6.45, 7) is 3.84. The van der Waals surface area contributed by atoms with E-state index in [2.05, 4.69) is 20.9 Å². The van der Waals surface area contributed by atoms with E-state index in [0.29, 0.717) is 27.7 Å². The van der Waals surface area contributed by atoms with E-state index in [9.17, 15) is 9.90 Å². The predicted molar refractivity (Wildman–Crippen MR) is 77.6 cm³/mol. The maximum Gasteiger partial charge on any atom is 0.350 e. The van der Waals surface area contributed by atoms with Crippen molar-refractivity contribution in [3.05, 3.63) is 33.2 Å². The number of carbonyl (C=O) groups excluding carboxylic acids is 1. The Labute approximate surface area is 123 Å². The van der Waals surface area contributed by atoms with E-state index >= 15 is 0 Å². The van der Waals surface area contributed by atoms with Crippen LogP contribution in [0.15, 0.2) is 22.7 Å². The van der Waals surface area contributed by atoms with Crippen molar-refractivity contribution in [1.82, 2.24) is 4.98 Å². The van der Waals surface area contributed by atoms with Gasteiger partial charge in [0.15, 0.2) is 0 Å². The van der Waals surface area contributed by atoms with Gasteiger partial charge >= 0.3 is 5.97 Å². The van der Waals surface area contributed by atoms with E-state index in [0.717, 1.165) is 4.47 Å². The van der Waals surface area contributed by atoms with Crippen LogP contribution in [0.1, 0.15) is 22.3 Å². The molecule has 0 aliphatic rings. The van der Waals surface area contributed by atoms with E-state index in [1.807, 2.05) is 0 Å². The molecule has 0 unspecified atom stereocenters. The highest BCUT2D eigenvalue weighted by Gasteiger charge is 2.18. The van der Waals surface area contributed by atoms with Gasteiger partial charge in [-0.15, -0.1) is 11.3 Å². The highest BCUT2D eigenvalue weighted by molar-refractivity contribution is 9.10. The molecule has 0 amide bonds. The molecule has 0 bridgehead atoms. The lowest BCUT2D eigenvalue weighted by atomic mass is 10.2. The van der Waals surface area contributed by atoms with Gasteiger partial charge in [-0.3, -0.25) is 0 Å². The number of phenolic OH excluding ortho intramolecular Hbond substituents is 1. The van der Waals surface area contributed by atoms with Crippen LogP contribution in [0.25, 0.3) is 10.6 Å². The number of aryl methyl sites for hydroxylation is 1. The third-order valence-electron chi connectivity index (χ3n) is 2.45. The molecule has 1 aromatic carbocycles. The van der Waals surface area contributed by atoms with E-state index in [4.69, 9.17) is 4.74 Å². The Bertz CT molecular complexity index is 624. The fraction of sp³-hybridized carbons (Fsp3) is 0.231. The molecule has 0 aliphatic heterocycles. The predicted octanol–water partition coefficient (Wildman–Crippen LogP) is 3.76. The van der Waals surface area contributed by atoms with Crippen molar-refractivity contribution in [3.63, 3.8) is 0 Å². The van der Waals surface area contributed by atoms with Gasteiger partial charge in [0.25, 0.3) is 0 Å². The van der Waals surface area contributed by atoms with Gasteiger partial charge in [0.1, 0.15) is 15.6 Å². The summed E-state index contributed by atoms with van der Waals surface area (Å²) in [6, 6.07) is 5.09. The molecular weight excluding hydrogens is 330 g/mol. The van der Waals surface area contributed by atoms with Gasteiger partial charge in [-0.2, -0.15) is 0 Å². The highest BCUT2D eigenvalue weighted by Crippen LogP contribution is 2.35. The van der Waals surface area contributed by atoms with Gasteiger partial charge < -0.3 is 9.84 Å². The summed E-state index contributed by atoms with van der Waals surface area (Å²) in [4.78, 5) is 16.5. The number of aromatic nitrogens is 1. The van der Waals surface area contributed by atoms with Gasteiger partial charge in [0.2, 0.25) is 0 Å². The first-order valence-corrected chi connectivity index (χ1v) is 7.27. The first-order chi connectivity index (χ1) is 9.02. The van der Waals surface area contributed by atoms with Gasteiger partial charge in [0.05, 0.1) is 17.9 Å². The third kappa shape index (κ3) is 2.96. The number of esters is 1. The summed E-state index contributed by atoms with van der Waals surface area (Å²) in [5, 5.41) is 10.5. The molecule has 2 aromatic rings. The Morgan fingerprint density at radius 2 is 2.26 bits per heavy atom. The lowest BCUT2D eigenvalue weighted by Crippen LogP contribution is -2.03. The fourth-order valence-electron chi connectivity index (χ4n) is 1.58. The summed E-state index contributed by atoms with van der Waals surface area (Å²) in [7, 11) is 0. The van der Waals surface area contributed by atoms with E-state index < -0.39 is 0 Å². The van der Waals surface area contributed by atoms with Crippen LogP contribution in [0, 0.1) is 6.92 Å². The van der Waals surface area contributed by atoms with Crippen molar-refractivity contribution >= 4 is 33.2 Å². The molecule has 1 aromatic heterocycles. The quantitative estimate of drug-likeness (QED) is 0.863. The van der Waals surface area contributed by atoms with Crippen LogP contribution in [-0.4, -0.2) is 22.7 Å². The maximum absolute atomic E-state index is 11.7. The van der Waals surface area contributed by atoms with Crippen LogP contribution < -0.4 is 0 Å². The zero-order valence-corrected chi connectivity index (χ0v) is 12.8. The van der Waals surface area contributed by atoms with Crippen molar-refractivity contribution in [2.75, 3.05) is 6.61 Å². The number of halogens is 1. The molecule has 0 aliphatic carbocycles. The molecule has 19 heavy (non-hydrogen) atoms. The van der Waals surface area contributed by atoms with Crippen LogP contribution in [0.3, 0.4) is 0 Å². The van der Waals surface area contributed by atoms with Crippen LogP contribution in [0.4, 0.5) is 0 Å². The second-order valence-corrected chi connectivity index (χ2v) is 5.73. The van der Waals surface area contributed by atoms with Gasteiger partial charge in [-0.25, -0.2) is 9.78 Å². The topological polar surface area (TPSA) is 59.4 Å². The van der Waals surface area contributed by atoms with Crippen LogP contribution in [0.2, 0.25) is 0 Å². The summed E-state index contributed by atoms with van der Waals surface area (Å²) in [5.74, 6) is -0.245. The van der Waals surface area contributed by atoms with E-state index in [1.54, 1.807) is 32.0 Å². The van der Waals surface area contributed by atoms with Crippen molar-refractivity contribution in [1.29, 1.82) is 0 Å². The zero-order valence-electron chi connectivity index (χ0n) is 10.4. The van der Waals surface area contributed by atoms with Crippen molar-refractivity contribution in [2.45, 2.75) is 13.8 Å². The van der Waals surface area contributed by atoms with Gasteiger partial charge in [-0.1, -0.05) is 15.9 Å². The molecule has 2 rings (SSSR count). The minimum atomic E-state index is -0.377. The first-order valence-electron chi connectivity index (χ1n) is 5.66. The minimum Gasteiger partial charge on any atom is -0.507 e. The van der Waals surface area contributed by atoms with Crippen molar-refractivity contribution < 1.29 is 14.6 Å². The lowest BCUT2D eigenvalue weighted by Gasteiger charge is -2.01. The average Bonchev–Trinajstić information content (AvgIpc) is 2.74. The number of hydrogen-bond acceptors (Lipinski definition) is 5. The van der Waals surface area contributed by atoms with Crippen molar-refractivity contribution in [2.24, 2.45) is 0 Å². The number of rotatable bonds is 3. The molecule has 1 N–H and O–H groups in total. The summed E-state index contributed by atoms with van der Waals surface area (Å²) in [6.07, 6.45) is 0. The molecular formula is C13H12BrNO3S. The Kier molecular flexibility index (Phi) is 4.21. The number of benzene rings is 1. The van der Waals surface area contributed by atoms with Crippen LogP contribution >= 0.6 is 27.3 Å². The average molecular weight is 342 g/mol. The fourth-order valence-corrected chi connectivity index (χ4v) is 2.92. The molecule has 0 saturated heterocycles. The SMILES string of the molecule is CCOC(=O)c1sc(-c2cc(Br)ccc2O)nc1C. The maximum atomic E-state index is 11.7. The van der Waals surface area contributed by atoms with Crippen LogP contribution in [0.5, 0.6) is 5.75 Å². The summed E-state index contributed by atoms with van der Waals surface area (Å²) in [5.41, 5.74) is 1.20. The number of aromatic hydroxyl groups is 1. The number of hydrogen-bond donors (Lipinski definition) is 1. The first kappa shape index (κ1) is 14.0. The normalized spacial score (nSPS) is 10.5. The van der Waals surface area contributed by atoms with Crippen molar-refractivity contribution in [3.8, 4) is 16.3 Å². The molecule has 100 valence electrons. The largest absolute Gasteiger partial charge is 0.507 e. The smallest absolute Gasteiger partial charge is 0.350 e. The van der Waals surface area contributed by atoms with Gasteiger partial charge in [-0.05, 0) is 32.0 Å². The Morgan fingerprint density at radius 1 is 1.53 bits per heavy atom. The number of phenols is 1. The Hall–Kier alpha value is -1.40. The third-order valence-corrected chi connectivity index (χ3v) is 4.11. The summed E-state index contributed by atoms with van der Waals surface area (Å²) < 4.78 is 5.81. The second kappa shape index (κ2) is 5.71. The zero-order chi connectivity index (χ0) is 14.0. The lowest BCUT2D eigenvalue weighted by molar-refractivity contribution is 0.0531. The number of ether oxygens (including phenoxy) is 1. The Balaban J connectivity index is 2.44. The monoisotopic (exact) mass is 341 g/mol. The van der Waals surface area contributed by atoms with E-state index in [-0.39, 0.29) is 11.7 Å². The molecule has 0 radical (unpaired) electrons. The molecule has 0 atom stereocenters. The molecule has 0 fully saturated rings. The molecule has 1 heterocycles. The number of thiazole rings is 1. The molecule has 6 heteroatoms. The second-order valence-electron chi connectivity index (χ2n) is 3.82. The van der Waals surface area contributed by atoms with Crippen LogP contribution in [-0.2, 0) is 4.74 Å². The standard InChI is InChI=1S/C13H12BrNO3S/c1-3-18-13(17)11-7(2)15-12(19-11)9-6-8(14)4-5-10(9)16/h4-6,16H,3H2,1-2H3.